The highest BCUT2D eigenvalue weighted by Crippen LogP contribution is 2.38. The number of nitrogens with zero attached hydrogens (tertiary/aromatic N) is 5. The molecule has 2 heterocycles. The molecule has 0 N–H and O–H groups in total. The second-order valence-corrected chi connectivity index (χ2v) is 7.41. The monoisotopic (exact) mass is 511 g/mol. The third-order valence-electron chi connectivity index (χ3n) is 5.18. The summed E-state index contributed by atoms with van der Waals surface area (Å²) in [7, 11) is 0. The molecule has 6 nitrogen and oxygen atoms in total. The van der Waals surface area contributed by atoms with Gasteiger partial charge in [0, 0.05) is 10.9 Å². The molecule has 4 aromatic rings. The van der Waals surface area contributed by atoms with Gasteiger partial charge in [0.2, 0.25) is 0 Å². The minimum Gasteiger partial charge on any atom is -0.334 e. The van der Waals surface area contributed by atoms with E-state index in [1.54, 1.807) is 12.1 Å². The molecule has 0 amide bonds. The zero-order chi connectivity index (χ0) is 26.4. The number of halogens is 8. The van der Waals surface area contributed by atoms with Crippen molar-refractivity contribution in [3.05, 3.63) is 70.2 Å². The van der Waals surface area contributed by atoms with Crippen molar-refractivity contribution in [2.75, 3.05) is 0 Å². The van der Waals surface area contributed by atoms with Gasteiger partial charge in [-0.15, -0.1) is 0 Å². The fraction of sp³-hybridized carbons (Fsp3) is 0.182. The lowest BCUT2D eigenvalue weighted by Crippen LogP contribution is -2.11. The number of alkyl halides is 8. The Bertz CT molecular complexity index is 1520. The molecular formula is C22H9F8N5O. The topological polar surface area (TPSA) is 91.4 Å². The van der Waals surface area contributed by atoms with Crippen LogP contribution >= 0.6 is 0 Å². The van der Waals surface area contributed by atoms with Gasteiger partial charge in [-0.05, 0) is 36.4 Å². The molecule has 0 radical (unpaired) electrons. The van der Waals surface area contributed by atoms with E-state index in [2.05, 4.69) is 10.1 Å². The highest BCUT2D eigenvalue weighted by atomic mass is 19.4. The van der Waals surface area contributed by atoms with Crippen LogP contribution in [0.3, 0.4) is 0 Å². The molecule has 0 bridgehead atoms. The van der Waals surface area contributed by atoms with Crippen LogP contribution in [-0.2, 0) is 18.9 Å². The summed E-state index contributed by atoms with van der Waals surface area (Å²) in [6, 6.07) is 7.84. The lowest BCUT2D eigenvalue weighted by Gasteiger charge is -2.12. The van der Waals surface area contributed by atoms with Crippen LogP contribution in [0.5, 0.6) is 0 Å². The molecule has 0 aliphatic rings. The number of rotatable bonds is 4. The third kappa shape index (κ3) is 4.45. The van der Waals surface area contributed by atoms with Gasteiger partial charge in [0.05, 0.1) is 40.0 Å². The summed E-state index contributed by atoms with van der Waals surface area (Å²) in [5, 5.41) is 22.1. The number of aromatic nitrogens is 3. The number of benzene rings is 2. The molecule has 0 saturated heterocycles. The summed E-state index contributed by atoms with van der Waals surface area (Å²) in [4.78, 5) is 3.79. The minimum absolute atomic E-state index is 0.0447. The largest absolute Gasteiger partial charge is 0.416 e. The minimum atomic E-state index is -5.10. The predicted octanol–water partition coefficient (Wildman–Crippen LogP) is 6.46. The van der Waals surface area contributed by atoms with Gasteiger partial charge >= 0.3 is 12.4 Å². The van der Waals surface area contributed by atoms with Gasteiger partial charge in [-0.2, -0.15) is 41.9 Å². The summed E-state index contributed by atoms with van der Waals surface area (Å²) in [6.45, 7) is -0.519. The van der Waals surface area contributed by atoms with Crippen LogP contribution in [0.15, 0.2) is 40.9 Å². The molecule has 2 aromatic heterocycles. The van der Waals surface area contributed by atoms with Crippen molar-refractivity contribution in [1.82, 2.24) is 14.7 Å². The summed E-state index contributed by atoms with van der Waals surface area (Å²) >= 11 is 0. The molecule has 4 rings (SSSR count). The summed E-state index contributed by atoms with van der Waals surface area (Å²) in [5.41, 5.74) is -4.54. The van der Waals surface area contributed by atoms with E-state index in [1.165, 1.54) is 12.1 Å². The Morgan fingerprint density at radius 3 is 2.08 bits per heavy atom. The van der Waals surface area contributed by atoms with Gasteiger partial charge in [-0.1, -0.05) is 5.16 Å². The molecule has 36 heavy (non-hydrogen) atoms. The van der Waals surface area contributed by atoms with Gasteiger partial charge in [-0.25, -0.2) is 8.78 Å². The normalized spacial score (nSPS) is 12.2. The van der Waals surface area contributed by atoms with Crippen molar-refractivity contribution in [2.24, 2.45) is 0 Å². The van der Waals surface area contributed by atoms with Crippen molar-refractivity contribution in [3.8, 4) is 23.6 Å². The molecule has 2 aromatic carbocycles. The maximum absolute atomic E-state index is 13.7. The molecule has 0 unspecified atom stereocenters. The van der Waals surface area contributed by atoms with Gasteiger partial charge in [-0.3, -0.25) is 0 Å². The molecule has 0 saturated carbocycles. The van der Waals surface area contributed by atoms with Crippen LogP contribution in [-0.4, -0.2) is 14.7 Å². The van der Waals surface area contributed by atoms with Crippen molar-refractivity contribution >= 4 is 10.9 Å². The Morgan fingerprint density at radius 2 is 1.56 bits per heavy atom. The number of hydrogen-bond acceptors (Lipinski definition) is 5. The van der Waals surface area contributed by atoms with Crippen LogP contribution in [0, 0.1) is 22.7 Å². The first-order valence-electron chi connectivity index (χ1n) is 9.70. The smallest absolute Gasteiger partial charge is 0.334 e. The summed E-state index contributed by atoms with van der Waals surface area (Å²) in [6.07, 6.45) is -13.2. The van der Waals surface area contributed by atoms with Crippen LogP contribution in [0.2, 0.25) is 0 Å². The van der Waals surface area contributed by atoms with Crippen molar-refractivity contribution in [2.45, 2.75) is 25.3 Å². The number of nitriles is 2. The van der Waals surface area contributed by atoms with E-state index in [-0.39, 0.29) is 33.9 Å². The first kappa shape index (κ1) is 24.7. The Hall–Kier alpha value is -4.46. The first-order valence-corrected chi connectivity index (χ1v) is 9.70. The summed E-state index contributed by atoms with van der Waals surface area (Å²) in [5.74, 6) is -1.03. The third-order valence-corrected chi connectivity index (χ3v) is 5.18. The van der Waals surface area contributed by atoms with Crippen LogP contribution < -0.4 is 0 Å². The maximum atomic E-state index is 13.7. The molecule has 0 fully saturated rings. The second-order valence-electron chi connectivity index (χ2n) is 7.41. The number of fused-ring (bicyclic) bond motifs is 1. The molecule has 184 valence electrons. The van der Waals surface area contributed by atoms with E-state index in [9.17, 15) is 40.4 Å². The zero-order valence-corrected chi connectivity index (χ0v) is 17.4. The first-order chi connectivity index (χ1) is 16.8. The lowest BCUT2D eigenvalue weighted by atomic mass is 10.0. The average Bonchev–Trinajstić information content (AvgIpc) is 3.42. The molecular weight excluding hydrogens is 502 g/mol. The van der Waals surface area contributed by atoms with E-state index < -0.39 is 53.6 Å². The van der Waals surface area contributed by atoms with Gasteiger partial charge in [0.15, 0.2) is 5.82 Å². The van der Waals surface area contributed by atoms with E-state index in [4.69, 9.17) is 9.78 Å². The molecule has 0 atom stereocenters. The average molecular weight is 511 g/mol. The molecule has 0 aliphatic carbocycles. The Kier molecular flexibility index (Phi) is 5.92. The highest BCUT2D eigenvalue weighted by molar-refractivity contribution is 5.89. The fourth-order valence-electron chi connectivity index (χ4n) is 3.58. The standard InChI is InChI=1S/C22H9F8N5O/c23-19(24)17-6-14-15(8-32)10(7-31)1-2-16(14)35(17)9-18-33-20(36-34-18)11-3-12(21(25,26)27)5-13(4-11)22(28,29)30/h1-6,19H,9H2. The molecule has 0 aliphatic heterocycles. The molecule has 0 spiro atoms. The quantitative estimate of drug-likeness (QED) is 0.294. The zero-order valence-electron chi connectivity index (χ0n) is 17.4. The Morgan fingerprint density at radius 1 is 0.917 bits per heavy atom. The fourth-order valence-corrected chi connectivity index (χ4v) is 3.58. The maximum Gasteiger partial charge on any atom is 0.416 e. The van der Waals surface area contributed by atoms with Gasteiger partial charge < -0.3 is 9.09 Å². The van der Waals surface area contributed by atoms with Crippen molar-refractivity contribution in [1.29, 1.82) is 10.5 Å². The SMILES string of the molecule is N#Cc1ccc2c(cc(C(F)F)n2Cc2noc(-c3cc(C(F)(F)F)cc(C(F)(F)F)c3)n2)c1C#N. The van der Waals surface area contributed by atoms with E-state index >= 15 is 0 Å². The van der Waals surface area contributed by atoms with E-state index in [1.807, 2.05) is 0 Å². The van der Waals surface area contributed by atoms with Crippen molar-refractivity contribution < 1.29 is 39.6 Å². The lowest BCUT2D eigenvalue weighted by molar-refractivity contribution is -0.143. The van der Waals surface area contributed by atoms with Crippen molar-refractivity contribution in [3.63, 3.8) is 0 Å². The number of hydrogen-bond donors (Lipinski definition) is 0. The van der Waals surface area contributed by atoms with Crippen LogP contribution in [0.1, 0.15) is 40.2 Å². The Labute approximate surface area is 195 Å². The predicted molar refractivity (Wildman–Crippen MR) is 105 cm³/mol. The Balaban J connectivity index is 1.80. The summed E-state index contributed by atoms with van der Waals surface area (Å²) < 4.78 is 112. The van der Waals surface area contributed by atoms with Crippen LogP contribution in [0.4, 0.5) is 35.1 Å². The van der Waals surface area contributed by atoms with Crippen LogP contribution in [0.25, 0.3) is 22.4 Å². The van der Waals surface area contributed by atoms with E-state index in [0.717, 1.165) is 10.6 Å². The van der Waals surface area contributed by atoms with E-state index in [0.29, 0.717) is 12.1 Å². The van der Waals surface area contributed by atoms with Gasteiger partial charge in [0.1, 0.15) is 12.1 Å². The van der Waals surface area contributed by atoms with Gasteiger partial charge in [0.25, 0.3) is 12.3 Å². The second kappa shape index (κ2) is 8.64. The highest BCUT2D eigenvalue weighted by Gasteiger charge is 2.37. The molecule has 14 heteroatoms.